The van der Waals surface area contributed by atoms with Gasteiger partial charge in [0.15, 0.2) is 0 Å². The zero-order valence-electron chi connectivity index (χ0n) is 13.0. The van der Waals surface area contributed by atoms with Crippen LogP contribution in [0.2, 0.25) is 0 Å². The second kappa shape index (κ2) is 6.28. The highest BCUT2D eigenvalue weighted by Gasteiger charge is 2.36. The Labute approximate surface area is 123 Å². The van der Waals surface area contributed by atoms with Crippen molar-refractivity contribution >= 4 is 0 Å². The predicted molar refractivity (Wildman–Crippen MR) is 84.9 cm³/mol. The van der Waals surface area contributed by atoms with Crippen LogP contribution in [0, 0.1) is 0 Å². The van der Waals surface area contributed by atoms with Crippen molar-refractivity contribution in [1.29, 1.82) is 0 Å². The fourth-order valence-electron chi connectivity index (χ4n) is 4.04. The van der Waals surface area contributed by atoms with Gasteiger partial charge >= 0.3 is 0 Å². The zero-order chi connectivity index (χ0) is 13.9. The molecular formula is C18H28N2. The van der Waals surface area contributed by atoms with Gasteiger partial charge in [0, 0.05) is 31.2 Å². The van der Waals surface area contributed by atoms with Crippen molar-refractivity contribution in [1.82, 2.24) is 9.80 Å². The van der Waals surface area contributed by atoms with Crippen molar-refractivity contribution in [2.24, 2.45) is 0 Å². The molecule has 2 fully saturated rings. The van der Waals surface area contributed by atoms with Gasteiger partial charge in [0.1, 0.15) is 0 Å². The summed E-state index contributed by atoms with van der Waals surface area (Å²) in [4.78, 5) is 5.52. The molecule has 20 heavy (non-hydrogen) atoms. The predicted octanol–water partition coefficient (Wildman–Crippen LogP) is 3.70. The summed E-state index contributed by atoms with van der Waals surface area (Å²) < 4.78 is 0. The van der Waals surface area contributed by atoms with Gasteiger partial charge in [-0.1, -0.05) is 43.7 Å². The maximum Gasteiger partial charge on any atom is 0.0324 e. The fourth-order valence-corrected chi connectivity index (χ4v) is 4.04. The Kier molecular flexibility index (Phi) is 4.42. The number of rotatable bonds is 3. The Morgan fingerprint density at radius 2 is 1.95 bits per heavy atom. The molecule has 2 saturated heterocycles. The van der Waals surface area contributed by atoms with Gasteiger partial charge in [-0.2, -0.15) is 0 Å². The van der Waals surface area contributed by atoms with E-state index in [0.29, 0.717) is 6.04 Å². The van der Waals surface area contributed by atoms with Crippen molar-refractivity contribution in [3.8, 4) is 0 Å². The first-order valence-corrected chi connectivity index (χ1v) is 8.34. The molecule has 0 radical (unpaired) electrons. The van der Waals surface area contributed by atoms with Gasteiger partial charge in [-0.25, -0.2) is 0 Å². The highest BCUT2D eigenvalue weighted by molar-refractivity contribution is 5.19. The molecule has 0 bridgehead atoms. The van der Waals surface area contributed by atoms with E-state index in [0.717, 1.165) is 12.1 Å². The number of benzene rings is 1. The third kappa shape index (κ3) is 2.77. The first kappa shape index (κ1) is 14.1. The van der Waals surface area contributed by atoms with Crippen LogP contribution in [-0.4, -0.2) is 41.5 Å². The molecule has 3 rings (SSSR count). The molecule has 3 unspecified atom stereocenters. The molecule has 0 N–H and O–H groups in total. The highest BCUT2D eigenvalue weighted by Crippen LogP contribution is 2.31. The van der Waals surface area contributed by atoms with E-state index in [1.807, 2.05) is 0 Å². The van der Waals surface area contributed by atoms with Gasteiger partial charge in [-0.05, 0) is 38.3 Å². The van der Waals surface area contributed by atoms with Gasteiger partial charge in [0.2, 0.25) is 0 Å². The molecular weight excluding hydrogens is 244 g/mol. The lowest BCUT2D eigenvalue weighted by atomic mass is 9.93. The quantitative estimate of drug-likeness (QED) is 0.828. The monoisotopic (exact) mass is 272 g/mol. The summed E-state index contributed by atoms with van der Waals surface area (Å²) in [7, 11) is 0. The summed E-state index contributed by atoms with van der Waals surface area (Å²) in [6.45, 7) is 8.60. The van der Waals surface area contributed by atoms with Crippen molar-refractivity contribution in [3.63, 3.8) is 0 Å². The van der Waals surface area contributed by atoms with Gasteiger partial charge < -0.3 is 0 Å². The molecule has 0 spiro atoms. The molecule has 0 aliphatic carbocycles. The van der Waals surface area contributed by atoms with E-state index in [1.165, 1.54) is 50.9 Å². The van der Waals surface area contributed by atoms with E-state index in [9.17, 15) is 0 Å². The van der Waals surface area contributed by atoms with E-state index in [1.54, 1.807) is 0 Å². The van der Waals surface area contributed by atoms with E-state index in [2.05, 4.69) is 54.0 Å². The molecule has 0 saturated carbocycles. The maximum atomic E-state index is 2.77. The highest BCUT2D eigenvalue weighted by atomic mass is 15.3. The van der Waals surface area contributed by atoms with Gasteiger partial charge in [0.25, 0.3) is 0 Å². The molecule has 1 aromatic rings. The van der Waals surface area contributed by atoms with E-state index in [-0.39, 0.29) is 0 Å². The number of nitrogens with zero attached hydrogens (tertiary/aromatic N) is 2. The SMILES string of the molecule is CCC1CN2CCCCC2CN1C(C)c1ccccc1. The first-order valence-electron chi connectivity index (χ1n) is 8.34. The van der Waals surface area contributed by atoms with E-state index in [4.69, 9.17) is 0 Å². The summed E-state index contributed by atoms with van der Waals surface area (Å²) in [6, 6.07) is 13.1. The maximum absolute atomic E-state index is 2.77. The summed E-state index contributed by atoms with van der Waals surface area (Å²) in [5, 5.41) is 0. The number of fused-ring (bicyclic) bond motifs is 1. The van der Waals surface area contributed by atoms with Crippen LogP contribution in [0.3, 0.4) is 0 Å². The van der Waals surface area contributed by atoms with Crippen LogP contribution >= 0.6 is 0 Å². The molecule has 2 heterocycles. The lowest BCUT2D eigenvalue weighted by Crippen LogP contribution is -2.59. The molecule has 110 valence electrons. The van der Waals surface area contributed by atoms with Crippen LogP contribution in [0.1, 0.15) is 51.1 Å². The molecule has 1 aromatic carbocycles. The van der Waals surface area contributed by atoms with Crippen LogP contribution < -0.4 is 0 Å². The largest absolute Gasteiger partial charge is 0.298 e. The van der Waals surface area contributed by atoms with Crippen molar-refractivity contribution < 1.29 is 0 Å². The lowest BCUT2D eigenvalue weighted by molar-refractivity contribution is -0.0123. The van der Waals surface area contributed by atoms with Gasteiger partial charge in [-0.15, -0.1) is 0 Å². The van der Waals surface area contributed by atoms with Crippen LogP contribution in [0.5, 0.6) is 0 Å². The number of piperazine rings is 1. The molecule has 2 heteroatoms. The van der Waals surface area contributed by atoms with E-state index >= 15 is 0 Å². The number of piperidine rings is 1. The number of hydrogen-bond donors (Lipinski definition) is 0. The van der Waals surface area contributed by atoms with Crippen LogP contribution in [0.15, 0.2) is 30.3 Å². The molecule has 0 aromatic heterocycles. The molecule has 3 atom stereocenters. The number of hydrogen-bond acceptors (Lipinski definition) is 2. The Morgan fingerprint density at radius 3 is 2.70 bits per heavy atom. The van der Waals surface area contributed by atoms with Crippen LogP contribution in [0.4, 0.5) is 0 Å². The third-order valence-corrected chi connectivity index (χ3v) is 5.34. The van der Waals surface area contributed by atoms with Crippen molar-refractivity contribution in [2.75, 3.05) is 19.6 Å². The molecule has 2 aliphatic rings. The minimum absolute atomic E-state index is 0.547. The Balaban J connectivity index is 1.76. The average Bonchev–Trinajstić information content (AvgIpc) is 2.53. The summed E-state index contributed by atoms with van der Waals surface area (Å²) in [5.74, 6) is 0. The molecule has 2 nitrogen and oxygen atoms in total. The second-order valence-electron chi connectivity index (χ2n) is 6.49. The van der Waals surface area contributed by atoms with Crippen molar-refractivity contribution in [3.05, 3.63) is 35.9 Å². The minimum atomic E-state index is 0.547. The van der Waals surface area contributed by atoms with Crippen LogP contribution in [0.25, 0.3) is 0 Å². The van der Waals surface area contributed by atoms with E-state index < -0.39 is 0 Å². The summed E-state index contributed by atoms with van der Waals surface area (Å²) in [6.07, 6.45) is 5.49. The minimum Gasteiger partial charge on any atom is -0.298 e. The second-order valence-corrected chi connectivity index (χ2v) is 6.49. The summed E-state index contributed by atoms with van der Waals surface area (Å²) in [5.41, 5.74) is 1.47. The van der Waals surface area contributed by atoms with Crippen molar-refractivity contribution in [2.45, 2.75) is 57.7 Å². The molecule has 2 aliphatic heterocycles. The normalized spacial score (nSPS) is 29.9. The Hall–Kier alpha value is -0.860. The van der Waals surface area contributed by atoms with Gasteiger partial charge in [0.05, 0.1) is 0 Å². The smallest absolute Gasteiger partial charge is 0.0324 e. The molecule has 0 amide bonds. The van der Waals surface area contributed by atoms with Crippen LogP contribution in [-0.2, 0) is 0 Å². The standard InChI is InChI=1S/C18H28N2/c1-3-17-13-19-12-8-7-11-18(19)14-20(17)15(2)16-9-5-4-6-10-16/h4-6,9-10,15,17-18H,3,7-8,11-14H2,1-2H3. The average molecular weight is 272 g/mol. The van der Waals surface area contributed by atoms with Gasteiger partial charge in [-0.3, -0.25) is 9.80 Å². The Morgan fingerprint density at radius 1 is 1.15 bits per heavy atom. The first-order chi connectivity index (χ1) is 9.79. The summed E-state index contributed by atoms with van der Waals surface area (Å²) >= 11 is 0. The Bertz CT molecular complexity index is 417. The lowest BCUT2D eigenvalue weighted by Gasteiger charge is -2.50. The zero-order valence-corrected chi connectivity index (χ0v) is 13.0. The topological polar surface area (TPSA) is 6.48 Å². The fraction of sp³-hybridized carbons (Fsp3) is 0.667. The third-order valence-electron chi connectivity index (χ3n) is 5.34.